The zero-order valence-electron chi connectivity index (χ0n) is 31.1. The van der Waals surface area contributed by atoms with Gasteiger partial charge in [0.1, 0.15) is 40.5 Å². The number of amides is 1. The molecule has 8 rings (SSSR count). The van der Waals surface area contributed by atoms with Gasteiger partial charge in [-0.15, -0.1) is 11.3 Å². The van der Waals surface area contributed by atoms with Gasteiger partial charge in [0.05, 0.1) is 36.2 Å². The van der Waals surface area contributed by atoms with E-state index in [2.05, 4.69) is 27.1 Å². The van der Waals surface area contributed by atoms with Crippen LogP contribution in [0.15, 0.2) is 18.2 Å². The van der Waals surface area contributed by atoms with Crippen LogP contribution in [0.3, 0.4) is 0 Å². The van der Waals surface area contributed by atoms with E-state index >= 15 is 4.39 Å². The number of hydrogen-bond acceptors (Lipinski definition) is 11. The van der Waals surface area contributed by atoms with Crippen LogP contribution in [0.1, 0.15) is 63.5 Å². The molecule has 4 aliphatic rings. The smallest absolute Gasteiger partial charge is 0.417 e. The maximum atomic E-state index is 15.9. The Labute approximate surface area is 323 Å². The quantitative estimate of drug-likeness (QED) is 0.190. The first-order chi connectivity index (χ1) is 26.7. The summed E-state index contributed by atoms with van der Waals surface area (Å²) in [6, 6.07) is 5.09. The molecule has 4 saturated heterocycles. The van der Waals surface area contributed by atoms with Gasteiger partial charge >= 0.3 is 18.3 Å². The minimum absolute atomic E-state index is 0.0182. The molecule has 0 bridgehead atoms. The topological polar surface area (TPSA) is 139 Å². The second kappa shape index (κ2) is 17.3. The van der Waals surface area contributed by atoms with Gasteiger partial charge in [0.2, 0.25) is 0 Å². The first-order valence-electron chi connectivity index (χ1n) is 18.5. The standard InChI is InChI=1S/C21H14F5N5OS.C10H17NO3.C7H12FN/c1-3-29-19-9-6-11(21(24,25)26)14(15(23)16(9)30-20(31-19)32-2)8-4-5-12(22)17-13(8)10(7-27)18(28)33-17;1-8-3-2-5-11(8)10(12)14-9-4-6-13-7-9;8-6-4-7-2-1-3-9(7)5-6/h4-6H,3,28H2,1-2H3,(H,29,30,31);8-9H,2-7H2,1H3;6-7H,1-5H2. The maximum absolute atomic E-state index is 15.9. The Morgan fingerprint density at radius 1 is 1.18 bits per heavy atom. The third-order valence-corrected chi connectivity index (χ3v) is 11.4. The first-order valence-corrected chi connectivity index (χ1v) is 19.3. The number of ether oxygens (including phenoxy) is 3. The largest absolute Gasteiger partial charge is 0.467 e. The van der Waals surface area contributed by atoms with Crippen LogP contribution in [0, 0.1) is 23.0 Å². The molecule has 4 aromatic rings. The molecule has 0 radical (unpaired) electrons. The van der Waals surface area contributed by atoms with Gasteiger partial charge < -0.3 is 30.2 Å². The first kappa shape index (κ1) is 41.0. The van der Waals surface area contributed by atoms with E-state index in [1.54, 1.807) is 13.0 Å². The molecule has 0 spiro atoms. The van der Waals surface area contributed by atoms with Gasteiger partial charge in [0.25, 0.3) is 0 Å². The van der Waals surface area contributed by atoms with Crippen molar-refractivity contribution in [2.75, 3.05) is 57.6 Å². The van der Waals surface area contributed by atoms with Crippen molar-refractivity contribution in [3.63, 3.8) is 0 Å². The van der Waals surface area contributed by atoms with Crippen molar-refractivity contribution in [1.82, 2.24) is 19.8 Å². The number of anilines is 2. The lowest BCUT2D eigenvalue weighted by molar-refractivity contribution is -0.137. The van der Waals surface area contributed by atoms with Crippen LogP contribution >= 0.6 is 11.3 Å². The number of carbonyl (C=O) groups is 1. The lowest BCUT2D eigenvalue weighted by Crippen LogP contribution is -2.36. The highest BCUT2D eigenvalue weighted by Crippen LogP contribution is 2.47. The average molecular weight is 808 g/mol. The second-order valence-corrected chi connectivity index (χ2v) is 15.1. The van der Waals surface area contributed by atoms with E-state index in [0.29, 0.717) is 43.2 Å². The molecule has 4 fully saturated rings. The van der Waals surface area contributed by atoms with Crippen molar-refractivity contribution in [1.29, 1.82) is 5.26 Å². The van der Waals surface area contributed by atoms with Crippen LogP contribution in [-0.2, 0) is 15.7 Å². The average Bonchev–Trinajstić information content (AvgIpc) is 4.00. The number of nitrogens with one attached hydrogen (secondary N) is 1. The number of nitriles is 1. The summed E-state index contributed by atoms with van der Waals surface area (Å²) in [6.07, 6.45) is 0.665. The predicted molar refractivity (Wildman–Crippen MR) is 200 cm³/mol. The zero-order valence-corrected chi connectivity index (χ0v) is 32.0. The molecule has 302 valence electrons. The lowest BCUT2D eigenvalue weighted by atomic mass is 9.92. The Kier molecular flexibility index (Phi) is 12.7. The molecular weight excluding hydrogens is 765 g/mol. The molecule has 4 unspecified atom stereocenters. The Bertz CT molecular complexity index is 2090. The van der Waals surface area contributed by atoms with Gasteiger partial charge in [-0.25, -0.2) is 18.0 Å². The maximum Gasteiger partial charge on any atom is 0.417 e. The minimum Gasteiger partial charge on any atom is -0.467 e. The fraction of sp³-hybridized carbons (Fsp3) is 0.526. The molecule has 0 saturated carbocycles. The highest BCUT2D eigenvalue weighted by atomic mass is 32.1. The summed E-state index contributed by atoms with van der Waals surface area (Å²) < 4.78 is 101. The minimum atomic E-state index is -5.00. The summed E-state index contributed by atoms with van der Waals surface area (Å²) in [6.45, 7) is 8.03. The monoisotopic (exact) mass is 807 g/mol. The number of hydrogen-bond donors (Lipinski definition) is 2. The van der Waals surface area contributed by atoms with Crippen molar-refractivity contribution in [3.8, 4) is 23.2 Å². The number of methoxy groups -OCH3 is 1. The van der Waals surface area contributed by atoms with Gasteiger partial charge in [-0.3, -0.25) is 4.90 Å². The Morgan fingerprint density at radius 3 is 2.57 bits per heavy atom. The molecule has 18 heteroatoms. The van der Waals surface area contributed by atoms with Crippen LogP contribution in [0.25, 0.3) is 32.1 Å². The van der Waals surface area contributed by atoms with Crippen LogP contribution < -0.4 is 15.8 Å². The van der Waals surface area contributed by atoms with E-state index in [0.717, 1.165) is 57.0 Å². The number of nitrogens with zero attached hydrogens (tertiary/aromatic N) is 5. The molecule has 2 aromatic carbocycles. The molecule has 6 heterocycles. The zero-order chi connectivity index (χ0) is 40.3. The Balaban J connectivity index is 0.000000186. The van der Waals surface area contributed by atoms with E-state index in [9.17, 15) is 32.0 Å². The number of fused-ring (bicyclic) bond motifs is 3. The molecule has 2 aromatic heterocycles. The SMILES string of the molecule is CC1CCCN1C(=O)OC1CCOC1.CCNc1nc(OC)nc2c(F)c(-c3ccc(F)c4sc(N)c(C#N)c34)c(C(F)(F)F)cc12.FC1CC2CCCN2C1. The number of aromatic nitrogens is 2. The third kappa shape index (κ3) is 8.54. The van der Waals surface area contributed by atoms with E-state index in [1.807, 2.05) is 4.90 Å². The highest BCUT2D eigenvalue weighted by Gasteiger charge is 2.39. The summed E-state index contributed by atoms with van der Waals surface area (Å²) in [4.78, 5) is 23.7. The molecule has 11 nitrogen and oxygen atoms in total. The summed E-state index contributed by atoms with van der Waals surface area (Å²) in [7, 11) is 1.23. The van der Waals surface area contributed by atoms with Crippen LogP contribution in [0.5, 0.6) is 6.01 Å². The van der Waals surface area contributed by atoms with Crippen molar-refractivity contribution in [2.45, 2.75) is 82.9 Å². The van der Waals surface area contributed by atoms with Gasteiger partial charge in [0.15, 0.2) is 5.82 Å². The lowest BCUT2D eigenvalue weighted by Gasteiger charge is -2.22. The highest BCUT2D eigenvalue weighted by molar-refractivity contribution is 7.23. The molecule has 4 aliphatic heterocycles. The van der Waals surface area contributed by atoms with E-state index < -0.39 is 40.6 Å². The number of thiophene rings is 1. The third-order valence-electron chi connectivity index (χ3n) is 10.3. The van der Waals surface area contributed by atoms with Crippen molar-refractivity contribution < 1.29 is 45.3 Å². The Hall–Kier alpha value is -4.60. The number of nitrogen functional groups attached to an aromatic ring is 1. The van der Waals surface area contributed by atoms with Crippen LogP contribution in [0.2, 0.25) is 0 Å². The number of halogens is 6. The summed E-state index contributed by atoms with van der Waals surface area (Å²) in [5.74, 6) is -2.15. The fourth-order valence-corrected chi connectivity index (χ4v) is 8.59. The van der Waals surface area contributed by atoms with Crippen molar-refractivity contribution >= 4 is 49.2 Å². The summed E-state index contributed by atoms with van der Waals surface area (Å²) in [5.41, 5.74) is 2.59. The summed E-state index contributed by atoms with van der Waals surface area (Å²) >= 11 is 0.698. The number of carbonyl (C=O) groups excluding carboxylic acids is 1. The molecule has 3 N–H and O–H groups in total. The van der Waals surface area contributed by atoms with E-state index in [-0.39, 0.29) is 62.2 Å². The van der Waals surface area contributed by atoms with E-state index in [4.69, 9.17) is 19.9 Å². The number of likely N-dealkylation sites (tertiary alicyclic amines) is 1. The molecule has 4 atom stereocenters. The number of alkyl halides is 4. The van der Waals surface area contributed by atoms with Crippen molar-refractivity contribution in [2.24, 2.45) is 0 Å². The van der Waals surface area contributed by atoms with Gasteiger partial charge in [-0.1, -0.05) is 6.07 Å². The van der Waals surface area contributed by atoms with Crippen LogP contribution in [0.4, 0.5) is 42.0 Å². The normalized spacial score (nSPS) is 22.0. The van der Waals surface area contributed by atoms with E-state index in [1.165, 1.54) is 20.0 Å². The molecule has 1 amide bonds. The number of nitrogens with two attached hydrogens (primary N) is 1. The number of rotatable bonds is 5. The fourth-order valence-electron chi connectivity index (χ4n) is 7.64. The second-order valence-electron chi connectivity index (χ2n) is 14.0. The van der Waals surface area contributed by atoms with Gasteiger partial charge in [-0.05, 0) is 70.2 Å². The Morgan fingerprint density at radius 2 is 1.95 bits per heavy atom. The van der Waals surface area contributed by atoms with Gasteiger partial charge in [-0.2, -0.15) is 28.4 Å². The van der Waals surface area contributed by atoms with Crippen molar-refractivity contribution in [3.05, 3.63) is 41.0 Å². The van der Waals surface area contributed by atoms with Gasteiger partial charge in [0, 0.05) is 54.5 Å². The number of benzene rings is 2. The predicted octanol–water partition coefficient (Wildman–Crippen LogP) is 8.29. The molecule has 0 aliphatic carbocycles. The van der Waals surface area contributed by atoms with Crippen LogP contribution in [-0.4, -0.2) is 96.7 Å². The molecule has 56 heavy (non-hydrogen) atoms. The summed E-state index contributed by atoms with van der Waals surface area (Å²) in [5, 5.41) is 11.8. The molecular formula is C38H43F6N7O4S.